The van der Waals surface area contributed by atoms with Crippen molar-refractivity contribution in [2.75, 3.05) is 14.1 Å². The van der Waals surface area contributed by atoms with Crippen LogP contribution in [0.2, 0.25) is 0 Å². The molecule has 0 bridgehead atoms. The van der Waals surface area contributed by atoms with Crippen LogP contribution in [0.1, 0.15) is 19.4 Å². The Morgan fingerprint density at radius 2 is 1.86 bits per heavy atom. The van der Waals surface area contributed by atoms with E-state index in [-0.39, 0.29) is 6.10 Å². The smallest absolute Gasteiger partial charge is 0.377 e. The van der Waals surface area contributed by atoms with Gasteiger partial charge < -0.3 is 14.2 Å². The Bertz CT molecular complexity index is 531. The van der Waals surface area contributed by atoms with Crippen LogP contribution in [0.5, 0.6) is 0 Å². The van der Waals surface area contributed by atoms with E-state index >= 15 is 0 Å². The molecule has 1 aromatic rings. The largest absolute Gasteiger partial charge is 0.476 e. The van der Waals surface area contributed by atoms with Gasteiger partial charge in [-0.1, -0.05) is 30.3 Å². The van der Waals surface area contributed by atoms with E-state index in [0.717, 1.165) is 0 Å². The molecule has 0 aliphatic carbocycles. The van der Waals surface area contributed by atoms with Crippen molar-refractivity contribution in [3.8, 4) is 0 Å². The number of rotatable bonds is 6. The fraction of sp³-hybridized carbons (Fsp3) is 0.462. The minimum absolute atomic E-state index is 0.339. The summed E-state index contributed by atoms with van der Waals surface area (Å²) in [6.07, 6.45) is -0.339. The molecule has 0 aliphatic rings. The Kier molecular flexibility index (Phi) is 5.96. The van der Waals surface area contributed by atoms with Gasteiger partial charge in [0.25, 0.3) is 0 Å². The second kappa shape index (κ2) is 6.90. The van der Waals surface area contributed by atoms with Gasteiger partial charge in [-0.05, 0) is 27.9 Å². The summed E-state index contributed by atoms with van der Waals surface area (Å²) in [5.41, 5.74) is -1.19. The van der Waals surface area contributed by atoms with Crippen LogP contribution in [0.25, 0.3) is 0 Å². The normalized spacial score (nSPS) is 17.3. The second-order valence-corrected chi connectivity index (χ2v) is 7.27. The highest BCUT2D eigenvalue weighted by Gasteiger charge is 2.48. The van der Waals surface area contributed by atoms with Crippen molar-refractivity contribution in [1.29, 1.82) is 0 Å². The van der Waals surface area contributed by atoms with Crippen molar-refractivity contribution < 1.29 is 23.5 Å². The van der Waals surface area contributed by atoms with Crippen LogP contribution in [0.4, 0.5) is 0 Å². The molecule has 2 unspecified atom stereocenters. The number of carbonyl (C=O) groups excluding carboxylic acids is 1. The average Bonchev–Trinajstić information content (AvgIpc) is 2.34. The van der Waals surface area contributed by atoms with Gasteiger partial charge in [-0.3, -0.25) is 4.90 Å². The third-order valence-corrected chi connectivity index (χ3v) is 3.27. The summed E-state index contributed by atoms with van der Waals surface area (Å²) in [6.45, 7) is -1.02. The summed E-state index contributed by atoms with van der Waals surface area (Å²) in [5.74, 6) is -1.05. The molecule has 0 aliphatic heterocycles. The van der Waals surface area contributed by atoms with Crippen molar-refractivity contribution in [3.05, 3.63) is 35.9 Å². The summed E-state index contributed by atoms with van der Waals surface area (Å²) < 4.78 is 21.5. The van der Waals surface area contributed by atoms with Gasteiger partial charge in [-0.15, -0.1) is 0 Å². The monoisotopic (exact) mass is 335 g/mol. The van der Waals surface area contributed by atoms with Gasteiger partial charge in [0.1, 0.15) is 0 Å². The van der Waals surface area contributed by atoms with Gasteiger partial charge in [0.05, 0.1) is 6.10 Å². The molecule has 0 saturated carbocycles. The maximum Gasteiger partial charge on any atom is 0.476 e. The first-order valence-corrected chi connectivity index (χ1v) is 8.75. The summed E-state index contributed by atoms with van der Waals surface area (Å²) in [6, 6.07) is 8.57. The van der Waals surface area contributed by atoms with Crippen molar-refractivity contribution in [3.63, 3.8) is 0 Å². The lowest BCUT2D eigenvalue weighted by Gasteiger charge is -2.38. The molecule has 0 spiro atoms. The van der Waals surface area contributed by atoms with E-state index in [9.17, 15) is 9.36 Å². The molecular weight excluding hydrogens is 317 g/mol. The number of carbonyl (C=O) groups is 1. The van der Waals surface area contributed by atoms with Crippen LogP contribution in [-0.4, -0.2) is 36.0 Å². The topological polar surface area (TPSA) is 76.1 Å². The van der Waals surface area contributed by atoms with E-state index in [0.29, 0.717) is 5.56 Å². The second-order valence-electron chi connectivity index (χ2n) is 4.90. The van der Waals surface area contributed by atoms with Crippen LogP contribution in [0.15, 0.2) is 30.3 Å². The van der Waals surface area contributed by atoms with Gasteiger partial charge in [0.15, 0.2) is 0 Å². The molecule has 21 heavy (non-hydrogen) atoms. The molecule has 0 saturated heterocycles. The molecule has 8 heteroatoms. The Balaban J connectivity index is 3.39. The fourth-order valence-electron chi connectivity index (χ4n) is 1.95. The summed E-state index contributed by atoms with van der Waals surface area (Å²) in [5, 5.41) is 0. The summed E-state index contributed by atoms with van der Waals surface area (Å²) in [7, 11) is 3.21. The van der Waals surface area contributed by atoms with Gasteiger partial charge in [-0.2, -0.15) is 0 Å². The third-order valence-electron chi connectivity index (χ3n) is 2.67. The summed E-state index contributed by atoms with van der Waals surface area (Å²) in [4.78, 5) is 23.0. The minimum atomic E-state index is -4.51. The van der Waals surface area contributed by atoms with Gasteiger partial charge in [-0.25, -0.2) is 9.36 Å². The highest BCUT2D eigenvalue weighted by molar-refractivity contribution is 7.80. The maximum absolute atomic E-state index is 12.5. The first kappa shape index (κ1) is 18.1. The predicted molar refractivity (Wildman–Crippen MR) is 79.8 cm³/mol. The van der Waals surface area contributed by atoms with Crippen molar-refractivity contribution in [2.24, 2.45) is 0 Å². The standard InChI is InChI=1S/C13H19ClNO5P/c1-10(2)19-13(15(3)4,11-8-6-5-7-9-11)12(16)20-21(14,17)18/h5-10H,1-4H3,(H,17,18). The average molecular weight is 336 g/mol. The van der Waals surface area contributed by atoms with E-state index in [2.05, 4.69) is 4.52 Å². The quantitative estimate of drug-likeness (QED) is 0.636. The third kappa shape index (κ3) is 4.53. The number of hydrogen-bond donors (Lipinski definition) is 1. The number of nitrogens with zero attached hydrogens (tertiary/aromatic N) is 1. The molecule has 1 N–H and O–H groups in total. The lowest BCUT2D eigenvalue weighted by Crippen LogP contribution is -2.52. The molecule has 0 fully saturated rings. The zero-order chi connectivity index (χ0) is 16.3. The minimum Gasteiger partial charge on any atom is -0.377 e. The van der Waals surface area contributed by atoms with Gasteiger partial charge in [0.2, 0.25) is 5.72 Å². The first-order valence-electron chi connectivity index (χ1n) is 6.27. The molecule has 2 atom stereocenters. The Morgan fingerprint density at radius 1 is 1.33 bits per heavy atom. The van der Waals surface area contributed by atoms with Crippen molar-refractivity contribution in [1.82, 2.24) is 4.90 Å². The Hall–Kier alpha value is -0.910. The molecule has 118 valence electrons. The molecule has 0 radical (unpaired) electrons. The van der Waals surface area contributed by atoms with Crippen LogP contribution in [0, 0.1) is 0 Å². The zero-order valence-corrected chi connectivity index (χ0v) is 14.0. The van der Waals surface area contributed by atoms with Crippen LogP contribution >= 0.6 is 18.2 Å². The van der Waals surface area contributed by atoms with E-state index in [1.807, 2.05) is 0 Å². The lowest BCUT2D eigenvalue weighted by molar-refractivity contribution is -0.202. The molecular formula is C13H19ClNO5P. The van der Waals surface area contributed by atoms with Crippen molar-refractivity contribution >= 4 is 24.2 Å². The highest BCUT2D eigenvalue weighted by Crippen LogP contribution is 2.50. The van der Waals surface area contributed by atoms with E-state index < -0.39 is 18.6 Å². The predicted octanol–water partition coefficient (Wildman–Crippen LogP) is 2.71. The first-order chi connectivity index (χ1) is 9.59. The van der Waals surface area contributed by atoms with E-state index in [1.165, 1.54) is 4.90 Å². The SMILES string of the molecule is CC(C)OC(C(=O)OP(=O)(O)Cl)(c1ccccc1)N(C)C. The number of ether oxygens (including phenoxy) is 1. The number of likely N-dealkylation sites (N-methyl/N-ethyl adjacent to an activating group) is 1. The molecule has 6 nitrogen and oxygen atoms in total. The highest BCUT2D eigenvalue weighted by atomic mass is 35.7. The fourth-order valence-corrected chi connectivity index (χ4v) is 2.47. The van der Waals surface area contributed by atoms with Gasteiger partial charge in [0, 0.05) is 16.8 Å². The number of halogens is 1. The Morgan fingerprint density at radius 3 is 2.24 bits per heavy atom. The Labute approximate surface area is 128 Å². The molecule has 0 aromatic heterocycles. The van der Waals surface area contributed by atoms with E-state index in [4.69, 9.17) is 20.9 Å². The zero-order valence-electron chi connectivity index (χ0n) is 12.3. The lowest BCUT2D eigenvalue weighted by atomic mass is 10.0. The molecule has 1 rings (SSSR count). The van der Waals surface area contributed by atoms with Gasteiger partial charge >= 0.3 is 12.9 Å². The number of benzene rings is 1. The summed E-state index contributed by atoms with van der Waals surface area (Å²) >= 11 is 5.16. The van der Waals surface area contributed by atoms with E-state index in [1.54, 1.807) is 58.3 Å². The molecule has 1 aromatic carbocycles. The van der Waals surface area contributed by atoms with Crippen LogP contribution in [-0.2, 0) is 24.3 Å². The van der Waals surface area contributed by atoms with Crippen molar-refractivity contribution in [2.45, 2.75) is 25.7 Å². The molecule has 0 amide bonds. The molecule has 0 heterocycles. The maximum atomic E-state index is 12.5. The van der Waals surface area contributed by atoms with Crippen LogP contribution in [0.3, 0.4) is 0 Å². The van der Waals surface area contributed by atoms with Crippen LogP contribution < -0.4 is 0 Å². The number of hydrogen-bond acceptors (Lipinski definition) is 5.